The lowest BCUT2D eigenvalue weighted by Gasteiger charge is -2.31. The van der Waals surface area contributed by atoms with Crippen LogP contribution in [0.3, 0.4) is 0 Å². The van der Waals surface area contributed by atoms with Crippen molar-refractivity contribution < 1.29 is 30.6 Å². The molecule has 6 N–H and O–H groups in total. The Kier molecular flexibility index (Phi) is 26.4. The first-order valence-corrected chi connectivity index (χ1v) is 13.7. The summed E-state index contributed by atoms with van der Waals surface area (Å²) in [4.78, 5) is 9.40. The van der Waals surface area contributed by atoms with Gasteiger partial charge < -0.3 is 50.2 Å². The number of aliphatic hydroxyl groups is 6. The van der Waals surface area contributed by atoms with Crippen LogP contribution in [0.4, 0.5) is 0 Å². The van der Waals surface area contributed by atoms with Gasteiger partial charge in [0.2, 0.25) is 0 Å². The standard InChI is InChI=1S/C25H56N4O6/c30-20-2-10-26(11-3-21-31)8-1-9-29(18-16-27(12-4-22-32)13-5-23-33)19-17-28(14-6-24-34)15-7-25-35/h30-35H,1-25H2. The lowest BCUT2D eigenvalue weighted by Crippen LogP contribution is -2.42. The van der Waals surface area contributed by atoms with Crippen molar-refractivity contribution in [1.82, 2.24) is 19.6 Å². The molecule has 35 heavy (non-hydrogen) atoms. The lowest BCUT2D eigenvalue weighted by molar-refractivity contribution is 0.144. The highest BCUT2D eigenvalue weighted by Gasteiger charge is 2.13. The molecule has 0 aromatic rings. The molecule has 0 atom stereocenters. The minimum absolute atomic E-state index is 0.168. The van der Waals surface area contributed by atoms with Crippen LogP contribution in [-0.2, 0) is 0 Å². The molecular formula is C25H56N4O6. The van der Waals surface area contributed by atoms with Crippen LogP contribution in [-0.4, -0.2) is 168 Å². The van der Waals surface area contributed by atoms with Crippen LogP contribution >= 0.6 is 0 Å². The Morgan fingerprint density at radius 3 is 0.629 bits per heavy atom. The van der Waals surface area contributed by atoms with Crippen molar-refractivity contribution in [3.63, 3.8) is 0 Å². The average Bonchev–Trinajstić information content (AvgIpc) is 2.88. The molecule has 0 saturated carbocycles. The van der Waals surface area contributed by atoms with Crippen LogP contribution in [0.25, 0.3) is 0 Å². The zero-order valence-corrected chi connectivity index (χ0v) is 22.1. The molecule has 0 aromatic carbocycles. The average molecular weight is 509 g/mol. The van der Waals surface area contributed by atoms with Crippen LogP contribution in [0.15, 0.2) is 0 Å². The Balaban J connectivity index is 4.95. The normalized spacial score (nSPS) is 12.2. The first-order valence-electron chi connectivity index (χ1n) is 13.7. The molecule has 0 heterocycles. The van der Waals surface area contributed by atoms with Crippen LogP contribution in [0.2, 0.25) is 0 Å². The molecule has 10 heteroatoms. The molecule has 0 rings (SSSR count). The SMILES string of the molecule is OCCCN(CCCO)CCCN(CCN(CCCO)CCCO)CCN(CCCO)CCCO. The monoisotopic (exact) mass is 508 g/mol. The highest BCUT2D eigenvalue weighted by molar-refractivity contribution is 4.69. The molecule has 0 aliphatic heterocycles. The fourth-order valence-electron chi connectivity index (χ4n) is 4.19. The van der Waals surface area contributed by atoms with Gasteiger partial charge in [0.05, 0.1) is 0 Å². The maximum atomic E-state index is 9.23. The Morgan fingerprint density at radius 1 is 0.229 bits per heavy atom. The Hall–Kier alpha value is -0.400. The topological polar surface area (TPSA) is 134 Å². The molecule has 10 nitrogen and oxygen atoms in total. The Labute approximate surface area is 213 Å². The second-order valence-electron chi connectivity index (χ2n) is 9.18. The highest BCUT2D eigenvalue weighted by atomic mass is 16.3. The van der Waals surface area contributed by atoms with Gasteiger partial charge >= 0.3 is 0 Å². The van der Waals surface area contributed by atoms with E-state index in [1.165, 1.54) is 0 Å². The lowest BCUT2D eigenvalue weighted by atomic mass is 10.2. The van der Waals surface area contributed by atoms with E-state index in [4.69, 9.17) is 0 Å². The minimum atomic E-state index is 0.168. The molecule has 0 aromatic heterocycles. The number of aliphatic hydroxyl groups excluding tert-OH is 6. The molecule has 0 amide bonds. The molecule has 0 aliphatic carbocycles. The second-order valence-corrected chi connectivity index (χ2v) is 9.18. The molecule has 0 spiro atoms. The number of rotatable bonds is 28. The molecule has 0 aliphatic rings. The second kappa shape index (κ2) is 26.7. The van der Waals surface area contributed by atoms with E-state index in [-0.39, 0.29) is 39.6 Å². The predicted molar refractivity (Wildman–Crippen MR) is 141 cm³/mol. The van der Waals surface area contributed by atoms with E-state index in [9.17, 15) is 30.6 Å². The van der Waals surface area contributed by atoms with Gasteiger partial charge in [-0.3, -0.25) is 0 Å². The van der Waals surface area contributed by atoms with E-state index >= 15 is 0 Å². The first-order chi connectivity index (χ1) is 17.1. The smallest absolute Gasteiger partial charge is 0.0443 e. The molecule has 0 unspecified atom stereocenters. The molecular weight excluding hydrogens is 452 g/mol. The van der Waals surface area contributed by atoms with Crippen molar-refractivity contribution in [3.05, 3.63) is 0 Å². The zero-order chi connectivity index (χ0) is 26.0. The molecule has 0 bridgehead atoms. The van der Waals surface area contributed by atoms with Gasteiger partial charge in [-0.2, -0.15) is 0 Å². The fraction of sp³-hybridized carbons (Fsp3) is 1.00. The summed E-state index contributed by atoms with van der Waals surface area (Å²) in [5, 5.41) is 55.3. The van der Waals surface area contributed by atoms with E-state index in [1.54, 1.807) is 0 Å². The summed E-state index contributed by atoms with van der Waals surface area (Å²) in [6.07, 6.45) is 5.39. The van der Waals surface area contributed by atoms with Crippen LogP contribution in [0.1, 0.15) is 44.9 Å². The van der Waals surface area contributed by atoms with Crippen molar-refractivity contribution in [2.45, 2.75) is 44.9 Å². The van der Waals surface area contributed by atoms with Crippen LogP contribution < -0.4 is 0 Å². The van der Waals surface area contributed by atoms with E-state index in [1.807, 2.05) is 0 Å². The Bertz CT molecular complexity index is 377. The third kappa shape index (κ3) is 21.4. The summed E-state index contributed by atoms with van der Waals surface area (Å²) in [7, 11) is 0. The maximum Gasteiger partial charge on any atom is 0.0443 e. The van der Waals surface area contributed by atoms with Crippen LogP contribution in [0, 0.1) is 0 Å². The van der Waals surface area contributed by atoms with Gasteiger partial charge in [0.15, 0.2) is 0 Å². The summed E-state index contributed by atoms with van der Waals surface area (Å²) in [6, 6.07) is 0. The fourth-order valence-corrected chi connectivity index (χ4v) is 4.19. The van der Waals surface area contributed by atoms with Crippen molar-refractivity contribution in [2.75, 3.05) is 118 Å². The number of hydrogen-bond donors (Lipinski definition) is 6. The zero-order valence-electron chi connectivity index (χ0n) is 22.1. The molecule has 0 saturated heterocycles. The highest BCUT2D eigenvalue weighted by Crippen LogP contribution is 2.03. The third-order valence-corrected chi connectivity index (χ3v) is 6.21. The maximum absolute atomic E-state index is 9.23. The molecule has 0 radical (unpaired) electrons. The molecule has 212 valence electrons. The third-order valence-electron chi connectivity index (χ3n) is 6.21. The predicted octanol–water partition coefficient (Wildman–Crippen LogP) is -1.12. The Morgan fingerprint density at radius 2 is 0.400 bits per heavy atom. The van der Waals surface area contributed by atoms with Gasteiger partial charge in [-0.1, -0.05) is 0 Å². The van der Waals surface area contributed by atoms with Gasteiger partial charge in [-0.15, -0.1) is 0 Å². The van der Waals surface area contributed by atoms with E-state index in [0.29, 0.717) is 0 Å². The summed E-state index contributed by atoms with van der Waals surface area (Å²) >= 11 is 0. The largest absolute Gasteiger partial charge is 0.396 e. The van der Waals surface area contributed by atoms with Gasteiger partial charge in [-0.05, 0) is 58.0 Å². The van der Waals surface area contributed by atoms with Crippen molar-refractivity contribution in [1.29, 1.82) is 0 Å². The summed E-state index contributed by atoms with van der Waals surface area (Å²) in [5.41, 5.74) is 0. The number of nitrogens with zero attached hydrogens (tertiary/aromatic N) is 4. The van der Waals surface area contributed by atoms with Crippen molar-refractivity contribution in [2.24, 2.45) is 0 Å². The van der Waals surface area contributed by atoms with Gasteiger partial charge in [0, 0.05) is 105 Å². The first kappa shape index (κ1) is 34.6. The summed E-state index contributed by atoms with van der Waals surface area (Å²) in [5.74, 6) is 0. The summed E-state index contributed by atoms with van der Waals surface area (Å²) in [6.45, 7) is 11.4. The van der Waals surface area contributed by atoms with E-state index < -0.39 is 0 Å². The quantitative estimate of drug-likeness (QED) is 0.0772. The van der Waals surface area contributed by atoms with Crippen LogP contribution in [0.5, 0.6) is 0 Å². The summed E-state index contributed by atoms with van der Waals surface area (Å²) < 4.78 is 0. The van der Waals surface area contributed by atoms with E-state index in [0.717, 1.165) is 123 Å². The van der Waals surface area contributed by atoms with Gasteiger partial charge in [0.1, 0.15) is 0 Å². The van der Waals surface area contributed by atoms with Gasteiger partial charge in [-0.25, -0.2) is 0 Å². The minimum Gasteiger partial charge on any atom is -0.396 e. The van der Waals surface area contributed by atoms with Gasteiger partial charge in [0.25, 0.3) is 0 Å². The molecule has 0 fully saturated rings. The van der Waals surface area contributed by atoms with E-state index in [2.05, 4.69) is 19.6 Å². The van der Waals surface area contributed by atoms with Crippen molar-refractivity contribution in [3.8, 4) is 0 Å². The number of hydrogen-bond acceptors (Lipinski definition) is 10. The van der Waals surface area contributed by atoms with Crippen molar-refractivity contribution >= 4 is 0 Å².